The van der Waals surface area contributed by atoms with Crippen molar-refractivity contribution in [2.24, 2.45) is 4.99 Å². The van der Waals surface area contributed by atoms with E-state index in [0.29, 0.717) is 6.54 Å². The summed E-state index contributed by atoms with van der Waals surface area (Å²) in [5, 5.41) is 1.14. The molecule has 0 aliphatic rings. The number of rotatable bonds is 2. The summed E-state index contributed by atoms with van der Waals surface area (Å²) >= 11 is 0. The van der Waals surface area contributed by atoms with Crippen molar-refractivity contribution in [1.29, 1.82) is 0 Å². The molecule has 2 rings (SSSR count). The third-order valence-electron chi connectivity index (χ3n) is 1.90. The standard InChI is InChI=1S/C10H8N2O/c13-7-11-6-9-5-8-3-1-2-4-10(8)12-9/h1-5,12H,6H2. The van der Waals surface area contributed by atoms with Gasteiger partial charge in [-0.3, -0.25) is 0 Å². The first-order chi connectivity index (χ1) is 6.40. The molecule has 2 aromatic rings. The van der Waals surface area contributed by atoms with Gasteiger partial charge in [-0.15, -0.1) is 0 Å². The van der Waals surface area contributed by atoms with Crippen molar-refractivity contribution >= 4 is 17.0 Å². The predicted molar refractivity (Wildman–Crippen MR) is 50.1 cm³/mol. The third kappa shape index (κ3) is 1.50. The first-order valence-corrected chi connectivity index (χ1v) is 4.00. The fraction of sp³-hybridized carbons (Fsp3) is 0.100. The number of isocyanates is 1. The van der Waals surface area contributed by atoms with Crippen molar-refractivity contribution in [3.63, 3.8) is 0 Å². The summed E-state index contributed by atoms with van der Waals surface area (Å²) in [6.45, 7) is 0.373. The predicted octanol–water partition coefficient (Wildman–Crippen LogP) is 2.00. The molecule has 1 heterocycles. The molecule has 64 valence electrons. The number of nitrogens with zero attached hydrogens (tertiary/aromatic N) is 1. The van der Waals surface area contributed by atoms with Crippen LogP contribution in [-0.4, -0.2) is 11.1 Å². The lowest BCUT2D eigenvalue weighted by molar-refractivity contribution is 0.562. The normalized spacial score (nSPS) is 9.85. The van der Waals surface area contributed by atoms with E-state index in [1.54, 1.807) is 0 Å². The van der Waals surface area contributed by atoms with Gasteiger partial charge in [-0.1, -0.05) is 18.2 Å². The first kappa shape index (κ1) is 7.77. The van der Waals surface area contributed by atoms with Crippen molar-refractivity contribution in [2.45, 2.75) is 6.54 Å². The molecule has 1 aromatic heterocycles. The van der Waals surface area contributed by atoms with Gasteiger partial charge in [0.25, 0.3) is 0 Å². The van der Waals surface area contributed by atoms with E-state index in [1.165, 1.54) is 6.08 Å². The number of aromatic amines is 1. The van der Waals surface area contributed by atoms with Crippen molar-refractivity contribution in [1.82, 2.24) is 4.98 Å². The minimum absolute atomic E-state index is 0.373. The molecule has 0 amide bonds. The Balaban J connectivity index is 2.43. The van der Waals surface area contributed by atoms with Gasteiger partial charge >= 0.3 is 0 Å². The number of benzene rings is 1. The Morgan fingerprint density at radius 3 is 3.00 bits per heavy atom. The Morgan fingerprint density at radius 1 is 1.38 bits per heavy atom. The fourth-order valence-electron chi connectivity index (χ4n) is 1.34. The molecule has 0 bridgehead atoms. The maximum atomic E-state index is 9.89. The number of H-pyrrole nitrogens is 1. The minimum Gasteiger partial charge on any atom is -0.357 e. The number of aliphatic imine (C=N–C) groups is 1. The van der Waals surface area contributed by atoms with Gasteiger partial charge in [0.2, 0.25) is 6.08 Å². The van der Waals surface area contributed by atoms with Crippen LogP contribution < -0.4 is 0 Å². The lowest BCUT2D eigenvalue weighted by Gasteiger charge is -1.85. The van der Waals surface area contributed by atoms with E-state index in [0.717, 1.165) is 16.6 Å². The molecule has 0 saturated carbocycles. The summed E-state index contributed by atoms with van der Waals surface area (Å²) in [7, 11) is 0. The molecule has 0 atom stereocenters. The Morgan fingerprint density at radius 2 is 2.23 bits per heavy atom. The van der Waals surface area contributed by atoms with Crippen LogP contribution in [0.2, 0.25) is 0 Å². The Kier molecular flexibility index (Phi) is 1.94. The molecule has 0 fully saturated rings. The highest BCUT2D eigenvalue weighted by atomic mass is 16.1. The van der Waals surface area contributed by atoms with Gasteiger partial charge in [-0.2, -0.15) is 4.99 Å². The molecule has 0 saturated heterocycles. The highest BCUT2D eigenvalue weighted by Crippen LogP contribution is 2.14. The van der Waals surface area contributed by atoms with Gasteiger partial charge in [0.1, 0.15) is 0 Å². The molecular formula is C10H8N2O. The van der Waals surface area contributed by atoms with Gasteiger partial charge in [0.15, 0.2) is 0 Å². The zero-order valence-corrected chi connectivity index (χ0v) is 6.95. The Hall–Kier alpha value is -1.86. The average molecular weight is 172 g/mol. The first-order valence-electron chi connectivity index (χ1n) is 4.00. The number of nitrogens with one attached hydrogen (secondary N) is 1. The van der Waals surface area contributed by atoms with E-state index in [-0.39, 0.29) is 0 Å². The number of hydrogen-bond donors (Lipinski definition) is 1. The fourth-order valence-corrected chi connectivity index (χ4v) is 1.34. The minimum atomic E-state index is 0.373. The van der Waals surface area contributed by atoms with Gasteiger partial charge in [-0.25, -0.2) is 4.79 Å². The molecule has 3 nitrogen and oxygen atoms in total. The summed E-state index contributed by atoms with van der Waals surface area (Å²) in [6.07, 6.45) is 1.52. The molecule has 0 unspecified atom stereocenters. The van der Waals surface area contributed by atoms with Gasteiger partial charge in [0.05, 0.1) is 6.54 Å². The van der Waals surface area contributed by atoms with Crippen molar-refractivity contribution in [3.05, 3.63) is 36.0 Å². The van der Waals surface area contributed by atoms with Crippen LogP contribution in [0.15, 0.2) is 35.3 Å². The molecular weight excluding hydrogens is 164 g/mol. The molecule has 0 aliphatic heterocycles. The largest absolute Gasteiger partial charge is 0.357 e. The zero-order chi connectivity index (χ0) is 9.10. The van der Waals surface area contributed by atoms with E-state index in [9.17, 15) is 4.79 Å². The second-order valence-corrected chi connectivity index (χ2v) is 2.79. The number of hydrogen-bond acceptors (Lipinski definition) is 2. The van der Waals surface area contributed by atoms with Crippen molar-refractivity contribution in [2.75, 3.05) is 0 Å². The van der Waals surface area contributed by atoms with Crippen LogP contribution >= 0.6 is 0 Å². The summed E-state index contributed by atoms with van der Waals surface area (Å²) in [5.41, 5.74) is 2.00. The Bertz CT molecular complexity index is 433. The van der Waals surface area contributed by atoms with Crippen LogP contribution in [0.5, 0.6) is 0 Å². The molecule has 0 radical (unpaired) electrons. The maximum Gasteiger partial charge on any atom is 0.235 e. The average Bonchev–Trinajstić information content (AvgIpc) is 2.57. The quantitative estimate of drug-likeness (QED) is 0.546. The number of fused-ring (bicyclic) bond motifs is 1. The summed E-state index contributed by atoms with van der Waals surface area (Å²) in [5.74, 6) is 0. The van der Waals surface area contributed by atoms with E-state index >= 15 is 0 Å². The van der Waals surface area contributed by atoms with E-state index < -0.39 is 0 Å². The molecule has 3 heteroatoms. The number of para-hydroxylation sites is 1. The lowest BCUT2D eigenvalue weighted by Crippen LogP contribution is -1.78. The zero-order valence-electron chi connectivity index (χ0n) is 6.95. The summed E-state index contributed by atoms with van der Waals surface area (Å²) in [4.78, 5) is 16.5. The van der Waals surface area contributed by atoms with E-state index in [4.69, 9.17) is 0 Å². The van der Waals surface area contributed by atoms with Gasteiger partial charge in [0, 0.05) is 11.2 Å². The molecule has 0 spiro atoms. The highest BCUT2D eigenvalue weighted by molar-refractivity contribution is 5.80. The number of carbonyl (C=O) groups excluding carboxylic acids is 1. The van der Waals surface area contributed by atoms with Crippen molar-refractivity contribution < 1.29 is 4.79 Å². The molecule has 1 N–H and O–H groups in total. The highest BCUT2D eigenvalue weighted by Gasteiger charge is 1.97. The second kappa shape index (κ2) is 3.25. The van der Waals surface area contributed by atoms with Crippen LogP contribution in [0.25, 0.3) is 10.9 Å². The summed E-state index contributed by atoms with van der Waals surface area (Å²) < 4.78 is 0. The van der Waals surface area contributed by atoms with Gasteiger partial charge in [-0.05, 0) is 17.5 Å². The second-order valence-electron chi connectivity index (χ2n) is 2.79. The topological polar surface area (TPSA) is 45.2 Å². The van der Waals surface area contributed by atoms with Crippen LogP contribution in [0.1, 0.15) is 5.69 Å². The van der Waals surface area contributed by atoms with Crippen LogP contribution in [0.3, 0.4) is 0 Å². The van der Waals surface area contributed by atoms with E-state index in [1.807, 2.05) is 30.3 Å². The smallest absolute Gasteiger partial charge is 0.235 e. The SMILES string of the molecule is O=C=NCc1cc2ccccc2[nH]1. The lowest BCUT2D eigenvalue weighted by atomic mass is 10.2. The monoisotopic (exact) mass is 172 g/mol. The van der Waals surface area contributed by atoms with Crippen molar-refractivity contribution in [3.8, 4) is 0 Å². The number of aromatic nitrogens is 1. The van der Waals surface area contributed by atoms with Crippen LogP contribution in [0, 0.1) is 0 Å². The van der Waals surface area contributed by atoms with Crippen LogP contribution in [-0.2, 0) is 11.3 Å². The summed E-state index contributed by atoms with van der Waals surface area (Å²) in [6, 6.07) is 9.92. The van der Waals surface area contributed by atoms with Gasteiger partial charge < -0.3 is 4.98 Å². The Labute approximate surface area is 75.1 Å². The molecule has 1 aromatic carbocycles. The maximum absolute atomic E-state index is 9.89. The van der Waals surface area contributed by atoms with Crippen LogP contribution in [0.4, 0.5) is 0 Å². The third-order valence-corrected chi connectivity index (χ3v) is 1.90. The molecule has 0 aliphatic carbocycles. The van der Waals surface area contributed by atoms with E-state index in [2.05, 4.69) is 9.98 Å². The molecule has 13 heavy (non-hydrogen) atoms.